The first-order valence-corrected chi connectivity index (χ1v) is 9.98. The normalized spacial score (nSPS) is 11.6. The number of methoxy groups -OCH3 is 1. The average Bonchev–Trinajstić information content (AvgIpc) is 3.21. The standard InChI is InChI=1S/C25H23N3O3/c1-31-20-13-11-19(12-14-20)27-25(30)24(17-7-3-2-4-8-17)28-23(29)15-18-16-26-22-10-6-5-9-21(18)22/h2-14,16,24,26H,15H2,1H3,(H,27,30)(H,28,29)/t24-/m1/s1. The van der Waals surface area contributed by atoms with Crippen LogP contribution < -0.4 is 15.4 Å². The maximum Gasteiger partial charge on any atom is 0.251 e. The molecule has 4 rings (SSSR count). The highest BCUT2D eigenvalue weighted by Crippen LogP contribution is 2.21. The second kappa shape index (κ2) is 9.17. The van der Waals surface area contributed by atoms with Crippen molar-refractivity contribution in [3.05, 3.63) is 96.2 Å². The van der Waals surface area contributed by atoms with E-state index >= 15 is 0 Å². The number of fused-ring (bicyclic) bond motifs is 1. The number of aromatic amines is 1. The molecule has 3 aromatic carbocycles. The van der Waals surface area contributed by atoms with Crippen LogP contribution in [0.4, 0.5) is 5.69 Å². The Morgan fingerprint density at radius 2 is 1.65 bits per heavy atom. The zero-order valence-electron chi connectivity index (χ0n) is 17.1. The Morgan fingerprint density at radius 1 is 0.935 bits per heavy atom. The van der Waals surface area contributed by atoms with E-state index in [4.69, 9.17) is 4.74 Å². The zero-order valence-corrected chi connectivity index (χ0v) is 17.1. The van der Waals surface area contributed by atoms with Crippen LogP contribution in [-0.4, -0.2) is 23.9 Å². The molecule has 1 atom stereocenters. The number of carbonyl (C=O) groups is 2. The number of rotatable bonds is 7. The number of aromatic nitrogens is 1. The van der Waals surface area contributed by atoms with E-state index in [0.29, 0.717) is 17.0 Å². The minimum Gasteiger partial charge on any atom is -0.497 e. The van der Waals surface area contributed by atoms with Gasteiger partial charge in [0.2, 0.25) is 5.91 Å². The van der Waals surface area contributed by atoms with Gasteiger partial charge in [-0.15, -0.1) is 0 Å². The quantitative estimate of drug-likeness (QED) is 0.424. The fraction of sp³-hybridized carbons (Fsp3) is 0.120. The lowest BCUT2D eigenvalue weighted by Gasteiger charge is -2.19. The van der Waals surface area contributed by atoms with Crippen molar-refractivity contribution >= 4 is 28.4 Å². The summed E-state index contributed by atoms with van der Waals surface area (Å²) >= 11 is 0. The van der Waals surface area contributed by atoms with Crippen LogP contribution in [0.1, 0.15) is 17.2 Å². The maximum atomic E-state index is 13.1. The predicted octanol–water partition coefficient (Wildman–Crippen LogP) is 4.22. The van der Waals surface area contributed by atoms with Gasteiger partial charge in [-0.2, -0.15) is 0 Å². The summed E-state index contributed by atoms with van der Waals surface area (Å²) in [6.45, 7) is 0. The molecule has 0 saturated carbocycles. The van der Waals surface area contributed by atoms with Crippen LogP contribution in [0, 0.1) is 0 Å². The Morgan fingerprint density at radius 3 is 2.39 bits per heavy atom. The van der Waals surface area contributed by atoms with Crippen LogP contribution in [-0.2, 0) is 16.0 Å². The number of ether oxygens (including phenoxy) is 1. The minimum atomic E-state index is -0.819. The van der Waals surface area contributed by atoms with Gasteiger partial charge in [-0.05, 0) is 41.5 Å². The van der Waals surface area contributed by atoms with E-state index in [1.165, 1.54) is 0 Å². The first-order valence-electron chi connectivity index (χ1n) is 9.98. The van der Waals surface area contributed by atoms with Crippen LogP contribution in [0.2, 0.25) is 0 Å². The molecule has 0 aliphatic rings. The number of benzene rings is 3. The second-order valence-electron chi connectivity index (χ2n) is 7.17. The molecule has 2 amide bonds. The molecule has 0 bridgehead atoms. The first kappa shape index (κ1) is 20.2. The van der Waals surface area contributed by atoms with Gasteiger partial charge in [0.15, 0.2) is 0 Å². The maximum absolute atomic E-state index is 13.1. The van der Waals surface area contributed by atoms with Crippen molar-refractivity contribution in [1.29, 1.82) is 0 Å². The van der Waals surface area contributed by atoms with Gasteiger partial charge < -0.3 is 20.4 Å². The van der Waals surface area contributed by atoms with E-state index in [0.717, 1.165) is 16.5 Å². The van der Waals surface area contributed by atoms with Crippen LogP contribution in [0.3, 0.4) is 0 Å². The van der Waals surface area contributed by atoms with E-state index < -0.39 is 6.04 Å². The van der Waals surface area contributed by atoms with E-state index in [-0.39, 0.29) is 18.2 Å². The van der Waals surface area contributed by atoms with Gasteiger partial charge in [0.05, 0.1) is 13.5 Å². The van der Waals surface area contributed by atoms with Crippen LogP contribution in [0.25, 0.3) is 10.9 Å². The topological polar surface area (TPSA) is 83.2 Å². The fourth-order valence-electron chi connectivity index (χ4n) is 3.50. The number of nitrogens with one attached hydrogen (secondary N) is 3. The van der Waals surface area contributed by atoms with Crippen molar-refractivity contribution in [2.24, 2.45) is 0 Å². The van der Waals surface area contributed by atoms with E-state index in [1.807, 2.05) is 60.8 Å². The number of hydrogen-bond acceptors (Lipinski definition) is 3. The second-order valence-corrected chi connectivity index (χ2v) is 7.17. The largest absolute Gasteiger partial charge is 0.497 e. The molecule has 0 unspecified atom stereocenters. The molecular formula is C25H23N3O3. The van der Waals surface area contributed by atoms with E-state index in [1.54, 1.807) is 31.4 Å². The molecular weight excluding hydrogens is 390 g/mol. The third kappa shape index (κ3) is 4.75. The van der Waals surface area contributed by atoms with Gasteiger partial charge in [0, 0.05) is 22.8 Å². The first-order chi connectivity index (χ1) is 15.1. The smallest absolute Gasteiger partial charge is 0.251 e. The van der Waals surface area contributed by atoms with Crippen molar-refractivity contribution in [2.75, 3.05) is 12.4 Å². The molecule has 0 fully saturated rings. The Kier molecular flexibility index (Phi) is 5.98. The lowest BCUT2D eigenvalue weighted by molar-refractivity contribution is -0.126. The van der Waals surface area contributed by atoms with Gasteiger partial charge in [0.1, 0.15) is 11.8 Å². The molecule has 31 heavy (non-hydrogen) atoms. The molecule has 4 aromatic rings. The molecule has 3 N–H and O–H groups in total. The van der Waals surface area contributed by atoms with E-state index in [2.05, 4.69) is 15.6 Å². The number of anilines is 1. The van der Waals surface area contributed by atoms with Crippen LogP contribution in [0.15, 0.2) is 85.1 Å². The van der Waals surface area contributed by atoms with Gasteiger partial charge in [-0.3, -0.25) is 9.59 Å². The van der Waals surface area contributed by atoms with Crippen molar-refractivity contribution in [1.82, 2.24) is 10.3 Å². The molecule has 0 spiro atoms. The molecule has 0 aliphatic heterocycles. The zero-order chi connectivity index (χ0) is 21.6. The Balaban J connectivity index is 1.52. The van der Waals surface area contributed by atoms with Crippen molar-refractivity contribution in [3.63, 3.8) is 0 Å². The monoisotopic (exact) mass is 413 g/mol. The van der Waals surface area contributed by atoms with Gasteiger partial charge in [-0.1, -0.05) is 48.5 Å². The summed E-state index contributed by atoms with van der Waals surface area (Å²) in [6, 6.07) is 23.2. The molecule has 1 aromatic heterocycles. The van der Waals surface area contributed by atoms with Crippen LogP contribution >= 0.6 is 0 Å². The average molecular weight is 413 g/mol. The summed E-state index contributed by atoms with van der Waals surface area (Å²) in [4.78, 5) is 29.1. The summed E-state index contributed by atoms with van der Waals surface area (Å²) in [5, 5.41) is 6.76. The number of para-hydroxylation sites is 1. The number of H-pyrrole nitrogens is 1. The number of carbonyl (C=O) groups excluding carboxylic acids is 2. The highest BCUT2D eigenvalue weighted by Gasteiger charge is 2.23. The van der Waals surface area contributed by atoms with Gasteiger partial charge in [-0.25, -0.2) is 0 Å². The summed E-state index contributed by atoms with van der Waals surface area (Å²) in [5.41, 5.74) is 3.19. The molecule has 0 saturated heterocycles. The summed E-state index contributed by atoms with van der Waals surface area (Å²) < 4.78 is 5.15. The Hall–Kier alpha value is -4.06. The van der Waals surface area contributed by atoms with Crippen molar-refractivity contribution < 1.29 is 14.3 Å². The molecule has 0 aliphatic carbocycles. The lowest BCUT2D eigenvalue weighted by Crippen LogP contribution is -2.37. The molecule has 6 nitrogen and oxygen atoms in total. The summed E-state index contributed by atoms with van der Waals surface area (Å²) in [7, 11) is 1.59. The highest BCUT2D eigenvalue weighted by molar-refractivity contribution is 5.98. The third-order valence-electron chi connectivity index (χ3n) is 5.08. The molecule has 1 heterocycles. The lowest BCUT2D eigenvalue weighted by atomic mass is 10.0. The summed E-state index contributed by atoms with van der Waals surface area (Å²) in [5.74, 6) is 0.150. The Labute approximate surface area is 180 Å². The Bertz CT molecular complexity index is 1180. The van der Waals surface area contributed by atoms with Gasteiger partial charge >= 0.3 is 0 Å². The molecule has 0 radical (unpaired) electrons. The molecule has 156 valence electrons. The highest BCUT2D eigenvalue weighted by atomic mass is 16.5. The van der Waals surface area contributed by atoms with Crippen molar-refractivity contribution in [2.45, 2.75) is 12.5 Å². The van der Waals surface area contributed by atoms with Gasteiger partial charge in [0.25, 0.3) is 5.91 Å². The predicted molar refractivity (Wildman–Crippen MR) is 121 cm³/mol. The van der Waals surface area contributed by atoms with Crippen molar-refractivity contribution in [3.8, 4) is 5.75 Å². The number of amides is 2. The fourth-order valence-corrected chi connectivity index (χ4v) is 3.50. The summed E-state index contributed by atoms with van der Waals surface area (Å²) in [6.07, 6.45) is 2.00. The van der Waals surface area contributed by atoms with Crippen LogP contribution in [0.5, 0.6) is 5.75 Å². The molecule has 6 heteroatoms. The third-order valence-corrected chi connectivity index (χ3v) is 5.08. The minimum absolute atomic E-state index is 0.170. The SMILES string of the molecule is COc1ccc(NC(=O)[C@H](NC(=O)Cc2c[nH]c3ccccc23)c2ccccc2)cc1. The van der Waals surface area contributed by atoms with E-state index in [9.17, 15) is 9.59 Å². The number of hydrogen-bond donors (Lipinski definition) is 3.